The van der Waals surface area contributed by atoms with E-state index in [-0.39, 0.29) is 12.0 Å². The first-order valence-electron chi connectivity index (χ1n) is 7.59. The Kier molecular flexibility index (Phi) is 5.86. The summed E-state index contributed by atoms with van der Waals surface area (Å²) in [4.78, 5) is 13.9. The molecule has 0 spiro atoms. The minimum absolute atomic E-state index is 0.0884. The Bertz CT molecular complexity index is 328. The van der Waals surface area contributed by atoms with Gasteiger partial charge in [0.15, 0.2) is 0 Å². The lowest BCUT2D eigenvalue weighted by Gasteiger charge is -2.29. The van der Waals surface area contributed by atoms with Crippen molar-refractivity contribution in [3.05, 3.63) is 11.6 Å². The van der Waals surface area contributed by atoms with Crippen molar-refractivity contribution in [1.82, 2.24) is 10.2 Å². The fourth-order valence-corrected chi connectivity index (χ4v) is 2.93. The van der Waals surface area contributed by atoms with Crippen molar-refractivity contribution in [2.45, 2.75) is 51.0 Å². The third-order valence-electron chi connectivity index (χ3n) is 4.00. The van der Waals surface area contributed by atoms with Crippen LogP contribution >= 0.6 is 0 Å². The van der Waals surface area contributed by atoms with Crippen LogP contribution in [-0.2, 0) is 4.79 Å². The number of aliphatic hydroxyl groups excluding tert-OH is 1. The molecule has 19 heavy (non-hydrogen) atoms. The van der Waals surface area contributed by atoms with E-state index >= 15 is 0 Å². The summed E-state index contributed by atoms with van der Waals surface area (Å²) >= 11 is 0. The van der Waals surface area contributed by atoms with Crippen molar-refractivity contribution in [1.29, 1.82) is 0 Å². The predicted molar refractivity (Wildman–Crippen MR) is 75.9 cm³/mol. The zero-order valence-electron chi connectivity index (χ0n) is 11.7. The Hall–Kier alpha value is -0.870. The lowest BCUT2D eigenvalue weighted by molar-refractivity contribution is -0.122. The number of amides is 1. The fraction of sp³-hybridized carbons (Fsp3) is 0.800. The van der Waals surface area contributed by atoms with E-state index < -0.39 is 0 Å². The van der Waals surface area contributed by atoms with Crippen LogP contribution in [0.25, 0.3) is 0 Å². The molecule has 0 aromatic carbocycles. The fourth-order valence-electron chi connectivity index (χ4n) is 2.93. The molecule has 1 amide bonds. The van der Waals surface area contributed by atoms with Crippen LogP contribution in [0, 0.1) is 0 Å². The number of hydrogen-bond acceptors (Lipinski definition) is 3. The molecule has 0 radical (unpaired) electrons. The molecule has 2 rings (SSSR count). The van der Waals surface area contributed by atoms with Crippen LogP contribution in [0.3, 0.4) is 0 Å². The van der Waals surface area contributed by atoms with Crippen molar-refractivity contribution in [2.24, 2.45) is 0 Å². The highest BCUT2D eigenvalue weighted by Gasteiger charge is 2.19. The van der Waals surface area contributed by atoms with Gasteiger partial charge in [-0.25, -0.2) is 0 Å². The Morgan fingerprint density at radius 3 is 3.05 bits per heavy atom. The van der Waals surface area contributed by atoms with Gasteiger partial charge >= 0.3 is 0 Å². The molecule has 1 aliphatic carbocycles. The van der Waals surface area contributed by atoms with E-state index in [2.05, 4.69) is 11.4 Å². The maximum absolute atomic E-state index is 11.8. The van der Waals surface area contributed by atoms with E-state index in [1.165, 1.54) is 31.3 Å². The highest BCUT2D eigenvalue weighted by atomic mass is 16.3. The minimum Gasteiger partial charge on any atom is -0.392 e. The van der Waals surface area contributed by atoms with Crippen LogP contribution in [0.15, 0.2) is 11.6 Å². The van der Waals surface area contributed by atoms with Crippen LogP contribution in [0.4, 0.5) is 0 Å². The number of hydrogen-bond donors (Lipinski definition) is 2. The zero-order chi connectivity index (χ0) is 13.5. The number of β-amino-alcohol motifs (C(OH)–C–C–N with tert-alkyl or cyclic N) is 1. The number of piperidine rings is 1. The first-order valence-corrected chi connectivity index (χ1v) is 7.59. The van der Waals surface area contributed by atoms with E-state index in [1.807, 2.05) is 4.90 Å². The van der Waals surface area contributed by atoms with Gasteiger partial charge < -0.3 is 10.4 Å². The third kappa shape index (κ3) is 5.33. The Morgan fingerprint density at radius 1 is 1.42 bits per heavy atom. The van der Waals surface area contributed by atoms with Gasteiger partial charge in [0.25, 0.3) is 0 Å². The number of nitrogens with zero attached hydrogens (tertiary/aromatic N) is 1. The minimum atomic E-state index is -0.256. The van der Waals surface area contributed by atoms with E-state index in [4.69, 9.17) is 0 Å². The highest BCUT2D eigenvalue weighted by Crippen LogP contribution is 2.19. The second kappa shape index (κ2) is 7.65. The summed E-state index contributed by atoms with van der Waals surface area (Å²) in [5.41, 5.74) is 1.50. The molecule has 1 atom stereocenters. The molecule has 108 valence electrons. The highest BCUT2D eigenvalue weighted by molar-refractivity contribution is 5.78. The smallest absolute Gasteiger partial charge is 0.234 e. The molecule has 1 fully saturated rings. The topological polar surface area (TPSA) is 52.6 Å². The Balaban J connectivity index is 1.60. The second-order valence-corrected chi connectivity index (χ2v) is 5.74. The van der Waals surface area contributed by atoms with Crippen molar-refractivity contribution in [3.63, 3.8) is 0 Å². The van der Waals surface area contributed by atoms with Crippen molar-refractivity contribution >= 4 is 5.91 Å². The second-order valence-electron chi connectivity index (χ2n) is 5.74. The molecule has 0 aromatic rings. The summed E-state index contributed by atoms with van der Waals surface area (Å²) in [6.07, 6.45) is 9.94. The Labute approximate surface area is 115 Å². The number of aliphatic hydroxyl groups is 1. The summed E-state index contributed by atoms with van der Waals surface area (Å²) in [6, 6.07) is 0. The molecule has 4 nitrogen and oxygen atoms in total. The van der Waals surface area contributed by atoms with Crippen molar-refractivity contribution < 1.29 is 9.90 Å². The number of carbonyl (C=O) groups is 1. The monoisotopic (exact) mass is 266 g/mol. The normalized spacial score (nSPS) is 24.9. The molecule has 2 aliphatic rings. The Morgan fingerprint density at radius 2 is 2.32 bits per heavy atom. The van der Waals surface area contributed by atoms with Gasteiger partial charge in [0, 0.05) is 13.1 Å². The molecule has 1 unspecified atom stereocenters. The molecule has 0 bridgehead atoms. The maximum Gasteiger partial charge on any atom is 0.234 e. The standard InChI is InChI=1S/C15H26N2O2/c18-14-7-4-10-17(11-14)12-15(19)16-9-8-13-5-2-1-3-6-13/h5,14,18H,1-4,6-12H2,(H,16,19). The van der Waals surface area contributed by atoms with E-state index in [1.54, 1.807) is 0 Å². The van der Waals surface area contributed by atoms with E-state index in [0.717, 1.165) is 32.4 Å². The largest absolute Gasteiger partial charge is 0.392 e. The summed E-state index contributed by atoms with van der Waals surface area (Å²) < 4.78 is 0. The van der Waals surface area contributed by atoms with Crippen LogP contribution in [0.2, 0.25) is 0 Å². The summed E-state index contributed by atoms with van der Waals surface area (Å²) in [5.74, 6) is 0.0884. The molecule has 2 N–H and O–H groups in total. The van der Waals surface area contributed by atoms with Gasteiger partial charge in [-0.05, 0) is 51.5 Å². The van der Waals surface area contributed by atoms with Gasteiger partial charge in [-0.1, -0.05) is 11.6 Å². The average molecular weight is 266 g/mol. The number of likely N-dealkylation sites (tertiary alicyclic amines) is 1. The number of rotatable bonds is 5. The lowest BCUT2D eigenvalue weighted by atomic mass is 9.97. The average Bonchev–Trinajstić information content (AvgIpc) is 2.40. The third-order valence-corrected chi connectivity index (χ3v) is 4.00. The molecular formula is C15H26N2O2. The number of carbonyl (C=O) groups excluding carboxylic acids is 1. The van der Waals surface area contributed by atoms with Gasteiger partial charge in [-0.3, -0.25) is 9.69 Å². The molecule has 0 aromatic heterocycles. The number of nitrogens with one attached hydrogen (secondary N) is 1. The van der Waals surface area contributed by atoms with Crippen LogP contribution < -0.4 is 5.32 Å². The van der Waals surface area contributed by atoms with Gasteiger partial charge in [-0.15, -0.1) is 0 Å². The van der Waals surface area contributed by atoms with Gasteiger partial charge in [-0.2, -0.15) is 0 Å². The van der Waals surface area contributed by atoms with E-state index in [0.29, 0.717) is 13.1 Å². The van der Waals surface area contributed by atoms with Crippen LogP contribution in [-0.4, -0.2) is 48.2 Å². The molecule has 0 saturated carbocycles. The van der Waals surface area contributed by atoms with Crippen LogP contribution in [0.5, 0.6) is 0 Å². The first-order chi connectivity index (χ1) is 9.24. The molecule has 1 saturated heterocycles. The van der Waals surface area contributed by atoms with Crippen molar-refractivity contribution in [3.8, 4) is 0 Å². The van der Waals surface area contributed by atoms with Gasteiger partial charge in [0.05, 0.1) is 12.6 Å². The predicted octanol–water partition coefficient (Wildman–Crippen LogP) is 1.45. The number of allylic oxidation sites excluding steroid dienone is 1. The quantitative estimate of drug-likeness (QED) is 0.741. The summed E-state index contributed by atoms with van der Waals surface area (Å²) in [7, 11) is 0. The molecule has 1 aliphatic heterocycles. The SMILES string of the molecule is O=C(CN1CCCC(O)C1)NCCC1=CCCCC1. The molecule has 1 heterocycles. The summed E-state index contributed by atoms with van der Waals surface area (Å²) in [5, 5.41) is 12.5. The molecular weight excluding hydrogens is 240 g/mol. The van der Waals surface area contributed by atoms with E-state index in [9.17, 15) is 9.90 Å². The van der Waals surface area contributed by atoms with Gasteiger partial charge in [0.1, 0.15) is 0 Å². The first kappa shape index (κ1) is 14.5. The summed E-state index contributed by atoms with van der Waals surface area (Å²) in [6.45, 7) is 2.74. The van der Waals surface area contributed by atoms with Gasteiger partial charge in [0.2, 0.25) is 5.91 Å². The zero-order valence-corrected chi connectivity index (χ0v) is 11.7. The van der Waals surface area contributed by atoms with Crippen molar-refractivity contribution in [2.75, 3.05) is 26.2 Å². The maximum atomic E-state index is 11.8. The molecule has 4 heteroatoms. The van der Waals surface area contributed by atoms with Crippen LogP contribution in [0.1, 0.15) is 44.9 Å². The lowest BCUT2D eigenvalue weighted by Crippen LogP contribution is -2.44.